The molecule has 16 heavy (non-hydrogen) atoms. The highest BCUT2D eigenvalue weighted by Gasteiger charge is 2.49. The third-order valence-electron chi connectivity index (χ3n) is 3.85. The number of nitrogens with zero attached hydrogens (tertiary/aromatic N) is 2. The molecule has 3 aliphatic heterocycles. The van der Waals surface area contributed by atoms with Gasteiger partial charge in [0, 0.05) is 25.6 Å². The van der Waals surface area contributed by atoms with Crippen LogP contribution in [0.15, 0.2) is 4.99 Å². The zero-order valence-electron chi connectivity index (χ0n) is 9.20. The molecule has 88 valence electrons. The number of amidine groups is 1. The number of nitrogens with one attached hydrogen (secondary N) is 2. The lowest BCUT2D eigenvalue weighted by Crippen LogP contribution is -2.66. The second-order valence-electron chi connectivity index (χ2n) is 4.96. The summed E-state index contributed by atoms with van der Waals surface area (Å²) >= 11 is 0. The summed E-state index contributed by atoms with van der Waals surface area (Å²) < 4.78 is 0. The topological polar surface area (TPSA) is 82.8 Å². The second-order valence-corrected chi connectivity index (χ2v) is 4.96. The van der Waals surface area contributed by atoms with E-state index in [0.29, 0.717) is 25.7 Å². The van der Waals surface area contributed by atoms with Gasteiger partial charge in [-0.2, -0.15) is 0 Å². The van der Waals surface area contributed by atoms with Crippen molar-refractivity contribution in [3.63, 3.8) is 0 Å². The van der Waals surface area contributed by atoms with E-state index in [4.69, 9.17) is 5.73 Å². The molecular weight excluding hydrogens is 206 g/mol. The zero-order valence-corrected chi connectivity index (χ0v) is 9.20. The van der Waals surface area contributed by atoms with E-state index < -0.39 is 5.41 Å². The maximum absolute atomic E-state index is 11.7. The number of nitrogens with two attached hydrogens (primary N) is 1. The van der Waals surface area contributed by atoms with Crippen LogP contribution in [-0.4, -0.2) is 49.6 Å². The maximum Gasteiger partial charge on any atom is 0.226 e. The van der Waals surface area contributed by atoms with Crippen molar-refractivity contribution in [3.05, 3.63) is 0 Å². The number of aliphatic imine (C=N–C) groups is 1. The Morgan fingerprint density at radius 3 is 3.25 bits per heavy atom. The molecule has 2 atom stereocenters. The fraction of sp³-hybridized carbons (Fsp3) is 0.800. The molecule has 1 amide bonds. The van der Waals surface area contributed by atoms with Crippen molar-refractivity contribution in [2.75, 3.05) is 33.0 Å². The molecule has 2 bridgehead atoms. The largest absolute Gasteiger partial charge is 0.369 e. The summed E-state index contributed by atoms with van der Waals surface area (Å²) in [6, 6.07) is 0. The van der Waals surface area contributed by atoms with Crippen LogP contribution in [0.5, 0.6) is 0 Å². The number of amides is 1. The molecule has 6 nitrogen and oxygen atoms in total. The first kappa shape index (κ1) is 10.0. The normalized spacial score (nSPS) is 37.6. The quantitative estimate of drug-likeness (QED) is 0.495. The number of primary amides is 1. The predicted octanol–water partition coefficient (Wildman–Crippen LogP) is -1.70. The van der Waals surface area contributed by atoms with Gasteiger partial charge in [-0.3, -0.25) is 15.1 Å². The molecule has 2 saturated heterocycles. The molecule has 3 aliphatic rings. The molecule has 0 aromatic rings. The highest BCUT2D eigenvalue weighted by molar-refractivity contribution is 5.91. The van der Waals surface area contributed by atoms with E-state index in [1.54, 1.807) is 0 Å². The van der Waals surface area contributed by atoms with Crippen molar-refractivity contribution in [3.8, 4) is 0 Å². The van der Waals surface area contributed by atoms with Crippen molar-refractivity contribution in [1.29, 1.82) is 0 Å². The van der Waals surface area contributed by atoms with Crippen molar-refractivity contribution in [2.45, 2.75) is 6.42 Å². The second kappa shape index (κ2) is 3.43. The number of hydrogen-bond acceptors (Lipinski definition) is 5. The lowest BCUT2D eigenvalue weighted by Gasteiger charge is -2.50. The molecule has 0 saturated carbocycles. The lowest BCUT2D eigenvalue weighted by molar-refractivity contribution is -0.131. The Labute approximate surface area is 94.3 Å². The van der Waals surface area contributed by atoms with Crippen LogP contribution in [0.2, 0.25) is 0 Å². The SMILES string of the molecule is NC(=O)C12CNCC(C1)C1=NCNCN1C2. The van der Waals surface area contributed by atoms with E-state index in [1.807, 2.05) is 0 Å². The molecule has 6 heteroatoms. The average molecular weight is 223 g/mol. The van der Waals surface area contributed by atoms with Crippen LogP contribution in [0.25, 0.3) is 0 Å². The van der Waals surface area contributed by atoms with Gasteiger partial charge in [-0.05, 0) is 6.42 Å². The summed E-state index contributed by atoms with van der Waals surface area (Å²) in [5.74, 6) is 1.30. The summed E-state index contributed by atoms with van der Waals surface area (Å²) in [4.78, 5) is 18.3. The summed E-state index contributed by atoms with van der Waals surface area (Å²) in [5, 5.41) is 6.51. The molecule has 2 unspecified atom stereocenters. The van der Waals surface area contributed by atoms with Gasteiger partial charge in [0.25, 0.3) is 0 Å². The Hall–Kier alpha value is -1.14. The van der Waals surface area contributed by atoms with Crippen molar-refractivity contribution in [1.82, 2.24) is 15.5 Å². The Morgan fingerprint density at radius 1 is 1.56 bits per heavy atom. The van der Waals surface area contributed by atoms with Crippen molar-refractivity contribution in [2.24, 2.45) is 22.1 Å². The minimum absolute atomic E-state index is 0.186. The van der Waals surface area contributed by atoms with Crippen LogP contribution >= 0.6 is 0 Å². The summed E-state index contributed by atoms with van der Waals surface area (Å²) in [7, 11) is 0. The highest BCUT2D eigenvalue weighted by Crippen LogP contribution is 2.36. The molecule has 0 radical (unpaired) electrons. The minimum atomic E-state index is -0.402. The van der Waals surface area contributed by atoms with Crippen LogP contribution < -0.4 is 16.4 Å². The maximum atomic E-state index is 11.7. The minimum Gasteiger partial charge on any atom is -0.369 e. The molecule has 0 aromatic heterocycles. The van der Waals surface area contributed by atoms with Gasteiger partial charge < -0.3 is 16.0 Å². The lowest BCUT2D eigenvalue weighted by atomic mass is 9.71. The van der Waals surface area contributed by atoms with E-state index in [0.717, 1.165) is 25.5 Å². The number of carbonyl (C=O) groups excluding carboxylic acids is 1. The molecule has 0 spiro atoms. The number of carbonyl (C=O) groups is 1. The first-order valence-electron chi connectivity index (χ1n) is 5.72. The summed E-state index contributed by atoms with van der Waals surface area (Å²) in [6.45, 7) is 3.76. The van der Waals surface area contributed by atoms with E-state index in [2.05, 4.69) is 20.5 Å². The standard InChI is InChI=1S/C10H17N5O/c11-9(16)10-1-7(2-12-3-10)8-14-5-13-6-15(8)4-10/h7,12-13H,1-6H2,(H2,11,16). The van der Waals surface area contributed by atoms with Crippen LogP contribution in [-0.2, 0) is 4.79 Å². The number of fused-ring (bicyclic) bond motifs is 4. The van der Waals surface area contributed by atoms with Gasteiger partial charge in [0.2, 0.25) is 5.91 Å². The Kier molecular flexibility index (Phi) is 2.15. The number of piperidine rings is 2. The summed E-state index contributed by atoms with van der Waals surface area (Å²) in [5.41, 5.74) is 5.16. The molecular formula is C10H17N5O. The van der Waals surface area contributed by atoms with E-state index >= 15 is 0 Å². The van der Waals surface area contributed by atoms with Crippen LogP contribution in [0, 0.1) is 11.3 Å². The molecule has 3 rings (SSSR count). The third kappa shape index (κ3) is 1.33. The first-order valence-corrected chi connectivity index (χ1v) is 5.72. The summed E-state index contributed by atoms with van der Waals surface area (Å²) in [6.07, 6.45) is 0.852. The van der Waals surface area contributed by atoms with Gasteiger partial charge in [0.05, 0.1) is 18.8 Å². The Morgan fingerprint density at radius 2 is 2.44 bits per heavy atom. The molecule has 3 heterocycles. The van der Waals surface area contributed by atoms with Crippen LogP contribution in [0.4, 0.5) is 0 Å². The monoisotopic (exact) mass is 223 g/mol. The first-order chi connectivity index (χ1) is 7.71. The Bertz CT molecular complexity index is 355. The molecule has 2 fully saturated rings. The van der Waals surface area contributed by atoms with Gasteiger partial charge in [0.1, 0.15) is 5.84 Å². The number of rotatable bonds is 1. The van der Waals surface area contributed by atoms with Gasteiger partial charge in [-0.15, -0.1) is 0 Å². The molecule has 0 aromatic carbocycles. The van der Waals surface area contributed by atoms with E-state index in [-0.39, 0.29) is 5.91 Å². The zero-order chi connectivity index (χ0) is 11.2. The van der Waals surface area contributed by atoms with Gasteiger partial charge in [-0.25, -0.2) is 0 Å². The van der Waals surface area contributed by atoms with Crippen molar-refractivity contribution >= 4 is 11.7 Å². The van der Waals surface area contributed by atoms with Gasteiger partial charge in [-0.1, -0.05) is 0 Å². The van der Waals surface area contributed by atoms with Gasteiger partial charge >= 0.3 is 0 Å². The molecule has 0 aliphatic carbocycles. The van der Waals surface area contributed by atoms with Crippen molar-refractivity contribution < 1.29 is 4.79 Å². The van der Waals surface area contributed by atoms with Crippen LogP contribution in [0.3, 0.4) is 0 Å². The highest BCUT2D eigenvalue weighted by atomic mass is 16.1. The van der Waals surface area contributed by atoms with Crippen LogP contribution in [0.1, 0.15) is 6.42 Å². The van der Waals surface area contributed by atoms with E-state index in [9.17, 15) is 4.79 Å². The van der Waals surface area contributed by atoms with Gasteiger partial charge in [0.15, 0.2) is 0 Å². The van der Waals surface area contributed by atoms with E-state index in [1.165, 1.54) is 0 Å². The fourth-order valence-corrected chi connectivity index (χ4v) is 3.06. The smallest absolute Gasteiger partial charge is 0.226 e. The average Bonchev–Trinajstić information content (AvgIpc) is 2.29. The predicted molar refractivity (Wildman–Crippen MR) is 59.6 cm³/mol. The third-order valence-corrected chi connectivity index (χ3v) is 3.85. The number of hydrogen-bond donors (Lipinski definition) is 3. The molecule has 4 N–H and O–H groups in total. The Balaban J connectivity index is 1.94. The fourth-order valence-electron chi connectivity index (χ4n) is 3.06.